The lowest BCUT2D eigenvalue weighted by atomic mass is 9.97. The Bertz CT molecular complexity index is 382. The van der Waals surface area contributed by atoms with Gasteiger partial charge in [0, 0.05) is 16.9 Å². The number of hydrogen-bond donors (Lipinski definition) is 2. The second-order valence-electron chi connectivity index (χ2n) is 3.82. The lowest BCUT2D eigenvalue weighted by Crippen LogP contribution is -2.28. The number of unbranched alkanes of at least 4 members (excludes halogenated alkanes) is 1. The molecule has 0 aliphatic carbocycles. The zero-order valence-electron chi connectivity index (χ0n) is 9.46. The molecule has 0 amide bonds. The van der Waals surface area contributed by atoms with Gasteiger partial charge in [0.25, 0.3) is 0 Å². The fourth-order valence-electron chi connectivity index (χ4n) is 1.77. The van der Waals surface area contributed by atoms with Crippen molar-refractivity contribution in [1.29, 1.82) is 0 Å². The Hall–Kier alpha value is -0.820. The summed E-state index contributed by atoms with van der Waals surface area (Å²) in [7, 11) is 0. The number of halogens is 1. The van der Waals surface area contributed by atoms with Crippen LogP contribution in [-0.2, 0) is 0 Å². The smallest absolute Gasteiger partial charge is 0.0462 e. The summed E-state index contributed by atoms with van der Waals surface area (Å²) in [6.45, 7) is 2.09. The van der Waals surface area contributed by atoms with Gasteiger partial charge in [0.15, 0.2) is 0 Å². The molecule has 0 saturated heterocycles. The molecule has 1 aromatic rings. The number of hydrogen-bond acceptors (Lipinski definition) is 2. The third kappa shape index (κ3) is 3.64. The molecule has 0 bridgehead atoms. The molecule has 86 valence electrons. The van der Waals surface area contributed by atoms with Crippen LogP contribution in [0.1, 0.15) is 36.4 Å². The van der Waals surface area contributed by atoms with Gasteiger partial charge in [0.1, 0.15) is 0 Å². The minimum Gasteiger partial charge on any atom is -0.271 e. The molecule has 0 aliphatic rings. The first-order chi connectivity index (χ1) is 7.69. The van der Waals surface area contributed by atoms with E-state index in [1.165, 1.54) is 11.1 Å². The maximum atomic E-state index is 5.58. The molecule has 0 saturated carbocycles. The van der Waals surface area contributed by atoms with Crippen molar-refractivity contribution in [3.8, 4) is 12.3 Å². The monoisotopic (exact) mass is 280 g/mol. The van der Waals surface area contributed by atoms with E-state index >= 15 is 0 Å². The number of nitrogens with two attached hydrogens (primary N) is 1. The molecule has 0 aliphatic heterocycles. The summed E-state index contributed by atoms with van der Waals surface area (Å²) in [5, 5.41) is 0. The molecule has 3 N–H and O–H groups in total. The summed E-state index contributed by atoms with van der Waals surface area (Å²) in [6, 6.07) is 6.41. The van der Waals surface area contributed by atoms with Gasteiger partial charge in [-0.15, -0.1) is 12.3 Å². The Balaban J connectivity index is 2.75. The van der Waals surface area contributed by atoms with Crippen molar-refractivity contribution >= 4 is 15.9 Å². The standard InChI is InChI=1S/C13H17BrN2/c1-3-4-5-6-13(16-15)12-8-7-11(14)9-10(12)2/h1,7-9,13,16H,4-6,15H2,2H3. The van der Waals surface area contributed by atoms with Crippen molar-refractivity contribution in [2.45, 2.75) is 32.2 Å². The normalized spacial score (nSPS) is 12.1. The first-order valence-electron chi connectivity index (χ1n) is 5.34. The van der Waals surface area contributed by atoms with E-state index in [4.69, 9.17) is 12.3 Å². The highest BCUT2D eigenvalue weighted by Crippen LogP contribution is 2.24. The van der Waals surface area contributed by atoms with Crippen LogP contribution in [0, 0.1) is 19.3 Å². The van der Waals surface area contributed by atoms with Gasteiger partial charge in [0.05, 0.1) is 0 Å². The first kappa shape index (κ1) is 13.2. The van der Waals surface area contributed by atoms with Crippen molar-refractivity contribution in [1.82, 2.24) is 5.43 Å². The van der Waals surface area contributed by atoms with Crippen LogP contribution in [-0.4, -0.2) is 0 Å². The lowest BCUT2D eigenvalue weighted by molar-refractivity contribution is 0.500. The summed E-state index contributed by atoms with van der Waals surface area (Å²) >= 11 is 3.45. The molecule has 1 rings (SSSR count). The predicted molar refractivity (Wildman–Crippen MR) is 71.6 cm³/mol. The minimum atomic E-state index is 0.182. The van der Waals surface area contributed by atoms with Crippen LogP contribution in [0.4, 0.5) is 0 Å². The molecule has 0 spiro atoms. The van der Waals surface area contributed by atoms with Crippen LogP contribution in [0.3, 0.4) is 0 Å². The first-order valence-corrected chi connectivity index (χ1v) is 6.14. The Morgan fingerprint density at radius 2 is 2.31 bits per heavy atom. The van der Waals surface area contributed by atoms with Crippen molar-refractivity contribution in [2.75, 3.05) is 0 Å². The summed E-state index contributed by atoms with van der Waals surface area (Å²) in [5.74, 6) is 8.23. The van der Waals surface area contributed by atoms with Gasteiger partial charge in [0.2, 0.25) is 0 Å². The average Bonchev–Trinajstić information content (AvgIpc) is 2.26. The van der Waals surface area contributed by atoms with Crippen LogP contribution in [0.25, 0.3) is 0 Å². The lowest BCUT2D eigenvalue weighted by Gasteiger charge is -2.18. The summed E-state index contributed by atoms with van der Waals surface area (Å²) in [5.41, 5.74) is 5.33. The van der Waals surface area contributed by atoms with Crippen molar-refractivity contribution in [3.63, 3.8) is 0 Å². The summed E-state index contributed by atoms with van der Waals surface area (Å²) in [6.07, 6.45) is 7.98. The van der Waals surface area contributed by atoms with Gasteiger partial charge in [-0.25, -0.2) is 0 Å². The zero-order valence-corrected chi connectivity index (χ0v) is 11.0. The van der Waals surface area contributed by atoms with E-state index in [-0.39, 0.29) is 6.04 Å². The Morgan fingerprint density at radius 1 is 1.56 bits per heavy atom. The zero-order chi connectivity index (χ0) is 12.0. The number of rotatable bonds is 5. The number of hydrazine groups is 1. The third-order valence-electron chi connectivity index (χ3n) is 2.62. The predicted octanol–water partition coefficient (Wildman–Crippen LogP) is 3.07. The van der Waals surface area contributed by atoms with Crippen LogP contribution in [0.15, 0.2) is 22.7 Å². The van der Waals surface area contributed by atoms with Gasteiger partial charge in [-0.05, 0) is 43.0 Å². The third-order valence-corrected chi connectivity index (χ3v) is 3.12. The number of benzene rings is 1. The quantitative estimate of drug-likeness (QED) is 0.377. The van der Waals surface area contributed by atoms with E-state index in [0.29, 0.717) is 0 Å². The molecule has 0 radical (unpaired) electrons. The van der Waals surface area contributed by atoms with Crippen LogP contribution in [0.5, 0.6) is 0 Å². The molecule has 1 unspecified atom stereocenters. The van der Waals surface area contributed by atoms with Gasteiger partial charge >= 0.3 is 0 Å². The number of nitrogens with one attached hydrogen (secondary N) is 1. The van der Waals surface area contributed by atoms with Gasteiger partial charge in [-0.1, -0.05) is 22.0 Å². The Kier molecular flexibility index (Phi) is 5.54. The second kappa shape index (κ2) is 6.70. The maximum absolute atomic E-state index is 5.58. The maximum Gasteiger partial charge on any atom is 0.0462 e. The van der Waals surface area contributed by atoms with Gasteiger partial charge < -0.3 is 0 Å². The van der Waals surface area contributed by atoms with Gasteiger partial charge in [-0.3, -0.25) is 11.3 Å². The fourth-order valence-corrected chi connectivity index (χ4v) is 2.24. The highest BCUT2D eigenvalue weighted by Gasteiger charge is 2.11. The van der Waals surface area contributed by atoms with Crippen molar-refractivity contribution in [2.24, 2.45) is 5.84 Å². The molecule has 16 heavy (non-hydrogen) atoms. The molecule has 2 nitrogen and oxygen atoms in total. The molecular formula is C13H17BrN2. The van der Waals surface area contributed by atoms with E-state index in [9.17, 15) is 0 Å². The largest absolute Gasteiger partial charge is 0.271 e. The summed E-state index contributed by atoms with van der Waals surface area (Å²) < 4.78 is 1.09. The molecule has 0 aromatic heterocycles. The summed E-state index contributed by atoms with van der Waals surface area (Å²) in [4.78, 5) is 0. The van der Waals surface area contributed by atoms with Gasteiger partial charge in [-0.2, -0.15) is 0 Å². The Labute approximate surface area is 106 Å². The number of terminal acetylenes is 1. The molecule has 0 fully saturated rings. The van der Waals surface area contributed by atoms with E-state index in [0.717, 1.165) is 23.7 Å². The average molecular weight is 281 g/mol. The minimum absolute atomic E-state index is 0.182. The van der Waals surface area contributed by atoms with E-state index in [1.807, 2.05) is 6.07 Å². The van der Waals surface area contributed by atoms with E-state index in [2.05, 4.69) is 46.3 Å². The second-order valence-corrected chi connectivity index (χ2v) is 4.73. The molecule has 3 heteroatoms. The highest BCUT2D eigenvalue weighted by atomic mass is 79.9. The molecular weight excluding hydrogens is 264 g/mol. The van der Waals surface area contributed by atoms with Crippen LogP contribution >= 0.6 is 15.9 Å². The van der Waals surface area contributed by atoms with E-state index in [1.54, 1.807) is 0 Å². The van der Waals surface area contributed by atoms with Crippen LogP contribution < -0.4 is 11.3 Å². The topological polar surface area (TPSA) is 38.0 Å². The van der Waals surface area contributed by atoms with Crippen molar-refractivity contribution < 1.29 is 0 Å². The number of aryl methyl sites for hydroxylation is 1. The van der Waals surface area contributed by atoms with Crippen molar-refractivity contribution in [3.05, 3.63) is 33.8 Å². The van der Waals surface area contributed by atoms with Crippen LogP contribution in [0.2, 0.25) is 0 Å². The molecule has 1 atom stereocenters. The SMILES string of the molecule is C#CCCCC(NN)c1ccc(Br)cc1C. The Morgan fingerprint density at radius 3 is 2.88 bits per heavy atom. The highest BCUT2D eigenvalue weighted by molar-refractivity contribution is 9.10. The fraction of sp³-hybridized carbons (Fsp3) is 0.385. The molecule has 1 aromatic carbocycles. The molecule has 0 heterocycles. The van der Waals surface area contributed by atoms with E-state index < -0.39 is 0 Å².